The van der Waals surface area contributed by atoms with Gasteiger partial charge in [0.25, 0.3) is 5.88 Å². The van der Waals surface area contributed by atoms with E-state index in [1.807, 2.05) is 20.8 Å². The third-order valence-corrected chi connectivity index (χ3v) is 2.64. The quantitative estimate of drug-likeness (QED) is 0.809. The molecule has 0 atom stereocenters. The van der Waals surface area contributed by atoms with Crippen LogP contribution in [0.25, 0.3) is 0 Å². The summed E-state index contributed by atoms with van der Waals surface area (Å²) in [5, 5.41) is 3.68. The number of hydrogen-bond donors (Lipinski definition) is 0. The second kappa shape index (κ2) is 7.71. The first-order valence-electron chi connectivity index (χ1n) is 6.73. The van der Waals surface area contributed by atoms with E-state index in [1.54, 1.807) is 0 Å². The van der Waals surface area contributed by atoms with E-state index in [4.69, 9.17) is 9.26 Å². The molecule has 1 aromatic carbocycles. The lowest BCUT2D eigenvalue weighted by molar-refractivity contribution is -0.137. The molecule has 0 fully saturated rings. The van der Waals surface area contributed by atoms with Crippen molar-refractivity contribution in [1.29, 1.82) is 0 Å². The van der Waals surface area contributed by atoms with Crippen molar-refractivity contribution in [2.45, 2.75) is 40.0 Å². The molecular formula is C15H18F3NO2. The molecule has 0 aliphatic heterocycles. The van der Waals surface area contributed by atoms with Crippen LogP contribution in [0.2, 0.25) is 0 Å². The topological polar surface area (TPSA) is 35.3 Å². The Bertz CT molecular complexity index is 533. The maximum Gasteiger partial charge on any atom is 0.416 e. The van der Waals surface area contributed by atoms with Crippen LogP contribution in [0.15, 0.2) is 35.1 Å². The summed E-state index contributed by atoms with van der Waals surface area (Å²) in [4.78, 5) is 0. The Balaban J connectivity index is 0.00000106. The van der Waals surface area contributed by atoms with Gasteiger partial charge in [-0.3, -0.25) is 0 Å². The fourth-order valence-electron chi connectivity index (χ4n) is 1.54. The van der Waals surface area contributed by atoms with Gasteiger partial charge in [0.2, 0.25) is 0 Å². The third kappa shape index (κ3) is 4.81. The van der Waals surface area contributed by atoms with E-state index in [0.717, 1.165) is 17.7 Å². The molecule has 1 aromatic heterocycles. The Morgan fingerprint density at radius 2 is 1.76 bits per heavy atom. The third-order valence-electron chi connectivity index (χ3n) is 2.64. The Kier molecular flexibility index (Phi) is 6.27. The highest BCUT2D eigenvalue weighted by molar-refractivity contribution is 5.25. The zero-order valence-electron chi connectivity index (χ0n) is 12.2. The number of rotatable bonds is 4. The molecule has 3 nitrogen and oxygen atoms in total. The summed E-state index contributed by atoms with van der Waals surface area (Å²) in [6.45, 7) is 6.08. The van der Waals surface area contributed by atoms with Crippen molar-refractivity contribution in [1.82, 2.24) is 5.16 Å². The van der Waals surface area contributed by atoms with E-state index in [9.17, 15) is 13.2 Å². The van der Waals surface area contributed by atoms with Gasteiger partial charge in [-0.25, -0.2) is 0 Å². The number of aromatic nitrogens is 1. The predicted octanol–water partition coefficient (Wildman–Crippen LogP) is 4.86. The molecule has 0 spiro atoms. The zero-order chi connectivity index (χ0) is 15.9. The zero-order valence-corrected chi connectivity index (χ0v) is 12.2. The monoisotopic (exact) mass is 301 g/mol. The summed E-state index contributed by atoms with van der Waals surface area (Å²) in [7, 11) is 0. The van der Waals surface area contributed by atoms with Crippen molar-refractivity contribution in [3.05, 3.63) is 47.2 Å². The number of hydrogen-bond acceptors (Lipinski definition) is 3. The first-order valence-corrected chi connectivity index (χ1v) is 6.73. The van der Waals surface area contributed by atoms with Gasteiger partial charge >= 0.3 is 6.18 Å². The Labute approximate surface area is 121 Å². The molecule has 0 aliphatic carbocycles. The van der Waals surface area contributed by atoms with Crippen LogP contribution in [0, 0.1) is 0 Å². The van der Waals surface area contributed by atoms with Crippen LogP contribution in [-0.2, 0) is 19.2 Å². The number of aryl methyl sites for hydroxylation is 1. The minimum atomic E-state index is -4.32. The van der Waals surface area contributed by atoms with E-state index in [2.05, 4.69) is 5.16 Å². The van der Waals surface area contributed by atoms with Crippen LogP contribution in [0.3, 0.4) is 0 Å². The Morgan fingerprint density at radius 1 is 1.14 bits per heavy atom. The van der Waals surface area contributed by atoms with Gasteiger partial charge in [-0.05, 0) is 29.3 Å². The second-order valence-corrected chi connectivity index (χ2v) is 3.98. The lowest BCUT2D eigenvalue weighted by Crippen LogP contribution is -2.05. The number of benzene rings is 1. The van der Waals surface area contributed by atoms with Crippen LogP contribution in [-0.4, -0.2) is 5.16 Å². The number of ether oxygens (including phenoxy) is 1. The number of nitrogens with zero attached hydrogens (tertiary/aromatic N) is 1. The Hall–Kier alpha value is -1.98. The molecule has 6 heteroatoms. The average molecular weight is 301 g/mol. The van der Waals surface area contributed by atoms with Crippen molar-refractivity contribution in [3.63, 3.8) is 0 Å². The molecule has 116 valence electrons. The van der Waals surface area contributed by atoms with Gasteiger partial charge in [-0.15, -0.1) is 0 Å². The highest BCUT2D eigenvalue weighted by atomic mass is 19.4. The summed E-state index contributed by atoms with van der Waals surface area (Å²) in [6.07, 6.45) is -2.12. The summed E-state index contributed by atoms with van der Waals surface area (Å²) in [5.41, 5.74) is 0.789. The van der Waals surface area contributed by atoms with Crippen LogP contribution >= 0.6 is 0 Å². The Morgan fingerprint density at radius 3 is 2.29 bits per heavy atom. The van der Waals surface area contributed by atoms with Crippen molar-refractivity contribution < 1.29 is 22.4 Å². The SMILES string of the molecule is CC.CCc1conc1OCc1ccc(C(F)(F)F)cc1. The number of alkyl halides is 3. The second-order valence-electron chi connectivity index (χ2n) is 3.98. The van der Waals surface area contributed by atoms with E-state index in [-0.39, 0.29) is 6.61 Å². The van der Waals surface area contributed by atoms with Crippen molar-refractivity contribution >= 4 is 0 Å². The van der Waals surface area contributed by atoms with Crippen LogP contribution in [0.1, 0.15) is 37.5 Å². The van der Waals surface area contributed by atoms with E-state index in [1.165, 1.54) is 18.4 Å². The van der Waals surface area contributed by atoms with Crippen LogP contribution in [0.5, 0.6) is 5.88 Å². The standard InChI is InChI=1S/C13H12F3NO2.C2H6/c1-2-10-8-19-17-12(10)18-7-9-3-5-11(6-4-9)13(14,15)16;1-2/h3-6,8H,2,7H2,1H3;1-2H3. The molecule has 0 radical (unpaired) electrons. The molecule has 0 saturated carbocycles. The average Bonchev–Trinajstić information content (AvgIpc) is 2.94. The highest BCUT2D eigenvalue weighted by Crippen LogP contribution is 2.29. The fraction of sp³-hybridized carbons (Fsp3) is 0.400. The smallest absolute Gasteiger partial charge is 0.416 e. The van der Waals surface area contributed by atoms with Gasteiger partial charge in [0.15, 0.2) is 0 Å². The molecule has 0 N–H and O–H groups in total. The minimum Gasteiger partial charge on any atom is -0.470 e. The molecule has 0 unspecified atom stereocenters. The maximum absolute atomic E-state index is 12.4. The molecule has 0 amide bonds. The fourth-order valence-corrected chi connectivity index (χ4v) is 1.54. The summed E-state index contributed by atoms with van der Waals surface area (Å²) in [5.74, 6) is 0.377. The summed E-state index contributed by atoms with van der Waals surface area (Å²) >= 11 is 0. The van der Waals surface area contributed by atoms with Gasteiger partial charge in [-0.2, -0.15) is 13.2 Å². The molecular weight excluding hydrogens is 283 g/mol. The van der Waals surface area contributed by atoms with Crippen LogP contribution < -0.4 is 4.74 Å². The number of halogens is 3. The van der Waals surface area contributed by atoms with Crippen molar-refractivity contribution in [3.8, 4) is 5.88 Å². The molecule has 21 heavy (non-hydrogen) atoms. The van der Waals surface area contributed by atoms with Crippen LogP contribution in [0.4, 0.5) is 13.2 Å². The van der Waals surface area contributed by atoms with E-state index in [0.29, 0.717) is 17.9 Å². The first-order chi connectivity index (χ1) is 10.0. The first kappa shape index (κ1) is 17.1. The maximum atomic E-state index is 12.4. The predicted molar refractivity (Wildman–Crippen MR) is 73.0 cm³/mol. The summed E-state index contributed by atoms with van der Waals surface area (Å²) in [6, 6.07) is 4.83. The van der Waals surface area contributed by atoms with Crippen molar-refractivity contribution in [2.75, 3.05) is 0 Å². The lowest BCUT2D eigenvalue weighted by Gasteiger charge is -2.08. The van der Waals surface area contributed by atoms with E-state index < -0.39 is 11.7 Å². The molecule has 0 aliphatic rings. The normalized spacial score (nSPS) is 10.8. The van der Waals surface area contributed by atoms with Gasteiger partial charge in [0.1, 0.15) is 12.9 Å². The molecule has 2 aromatic rings. The largest absolute Gasteiger partial charge is 0.470 e. The van der Waals surface area contributed by atoms with Gasteiger partial charge in [-0.1, -0.05) is 32.9 Å². The molecule has 0 saturated heterocycles. The van der Waals surface area contributed by atoms with Gasteiger partial charge in [0.05, 0.1) is 11.1 Å². The molecule has 1 heterocycles. The minimum absolute atomic E-state index is 0.150. The highest BCUT2D eigenvalue weighted by Gasteiger charge is 2.29. The summed E-state index contributed by atoms with van der Waals surface area (Å²) < 4.78 is 47.3. The molecule has 2 rings (SSSR count). The van der Waals surface area contributed by atoms with Gasteiger partial charge in [0, 0.05) is 0 Å². The van der Waals surface area contributed by atoms with E-state index >= 15 is 0 Å². The van der Waals surface area contributed by atoms with Gasteiger partial charge < -0.3 is 9.26 Å². The lowest BCUT2D eigenvalue weighted by atomic mass is 10.1. The van der Waals surface area contributed by atoms with Crippen molar-refractivity contribution in [2.24, 2.45) is 0 Å². The molecule has 0 bridgehead atoms.